The molecule has 110 valence electrons. The molecule has 0 spiro atoms. The Hall–Kier alpha value is -1.26. The van der Waals surface area contributed by atoms with Crippen molar-refractivity contribution in [1.82, 2.24) is 4.90 Å². The van der Waals surface area contributed by atoms with E-state index in [9.17, 15) is 4.79 Å². The Morgan fingerprint density at radius 2 is 2.15 bits per heavy atom. The molecule has 1 aliphatic rings. The van der Waals surface area contributed by atoms with Crippen LogP contribution in [0, 0.1) is 0 Å². The van der Waals surface area contributed by atoms with E-state index in [4.69, 9.17) is 22.1 Å². The Kier molecular flexibility index (Phi) is 4.25. The van der Waals surface area contributed by atoms with E-state index in [-0.39, 0.29) is 18.2 Å². The predicted octanol–water partition coefficient (Wildman–Crippen LogP) is 3.35. The van der Waals surface area contributed by atoms with E-state index in [1.54, 1.807) is 4.90 Å². The number of ether oxygens (including phenoxy) is 1. The monoisotopic (exact) mass is 296 g/mol. The van der Waals surface area contributed by atoms with Crippen molar-refractivity contribution in [2.24, 2.45) is 5.73 Å². The Bertz CT molecular complexity index is 499. The highest BCUT2D eigenvalue weighted by Gasteiger charge is 2.38. The molecule has 0 aromatic heterocycles. The van der Waals surface area contributed by atoms with Gasteiger partial charge in [-0.3, -0.25) is 4.90 Å². The molecule has 1 amide bonds. The Balaban J connectivity index is 2.23. The van der Waals surface area contributed by atoms with E-state index in [1.807, 2.05) is 45.0 Å². The lowest BCUT2D eigenvalue weighted by Crippen LogP contribution is -2.39. The van der Waals surface area contributed by atoms with Crippen LogP contribution in [-0.2, 0) is 4.74 Å². The maximum atomic E-state index is 12.3. The molecule has 1 aromatic rings. The Morgan fingerprint density at radius 1 is 1.45 bits per heavy atom. The van der Waals surface area contributed by atoms with Crippen molar-refractivity contribution in [3.63, 3.8) is 0 Å². The van der Waals surface area contributed by atoms with E-state index in [1.165, 1.54) is 0 Å². The highest BCUT2D eigenvalue weighted by Crippen LogP contribution is 2.33. The number of likely N-dealkylation sites (tertiary alicyclic amines) is 1. The SMILES string of the molecule is CC(C)(C)OC(=O)N1CC[C@@H](N)[C@@H]1c1cccc(Cl)c1. The van der Waals surface area contributed by atoms with E-state index in [0.29, 0.717) is 11.6 Å². The number of halogens is 1. The highest BCUT2D eigenvalue weighted by molar-refractivity contribution is 6.30. The van der Waals surface area contributed by atoms with E-state index in [2.05, 4.69) is 0 Å². The summed E-state index contributed by atoms with van der Waals surface area (Å²) in [6, 6.07) is 7.21. The van der Waals surface area contributed by atoms with Crippen molar-refractivity contribution < 1.29 is 9.53 Å². The lowest BCUT2D eigenvalue weighted by molar-refractivity contribution is 0.0218. The molecule has 1 aromatic carbocycles. The van der Waals surface area contributed by atoms with E-state index < -0.39 is 5.60 Å². The third kappa shape index (κ3) is 3.44. The van der Waals surface area contributed by atoms with Gasteiger partial charge in [-0.05, 0) is 44.9 Å². The van der Waals surface area contributed by atoms with Gasteiger partial charge in [0, 0.05) is 17.6 Å². The summed E-state index contributed by atoms with van der Waals surface area (Å²) in [7, 11) is 0. The van der Waals surface area contributed by atoms with Crippen LogP contribution < -0.4 is 5.73 Å². The van der Waals surface area contributed by atoms with Crippen LogP contribution in [0.4, 0.5) is 4.79 Å². The minimum Gasteiger partial charge on any atom is -0.444 e. The fourth-order valence-electron chi connectivity index (χ4n) is 2.46. The van der Waals surface area contributed by atoms with Gasteiger partial charge in [-0.1, -0.05) is 23.7 Å². The topological polar surface area (TPSA) is 55.6 Å². The first-order chi connectivity index (χ1) is 9.28. The molecule has 0 unspecified atom stereocenters. The summed E-state index contributed by atoms with van der Waals surface area (Å²) in [6.45, 7) is 6.17. The molecule has 2 N–H and O–H groups in total. The number of nitrogens with zero attached hydrogens (tertiary/aromatic N) is 1. The average molecular weight is 297 g/mol. The number of hydrogen-bond donors (Lipinski definition) is 1. The molecule has 1 heterocycles. The zero-order valence-electron chi connectivity index (χ0n) is 12.1. The van der Waals surface area contributed by atoms with Crippen LogP contribution in [-0.4, -0.2) is 29.2 Å². The Labute approximate surface area is 124 Å². The summed E-state index contributed by atoms with van der Waals surface area (Å²) in [5.74, 6) is 0. The first-order valence-corrected chi connectivity index (χ1v) is 7.16. The number of benzene rings is 1. The number of carbonyl (C=O) groups excluding carboxylic acids is 1. The van der Waals surface area contributed by atoms with Crippen molar-refractivity contribution in [3.05, 3.63) is 34.9 Å². The van der Waals surface area contributed by atoms with Gasteiger partial charge in [0.05, 0.1) is 6.04 Å². The Morgan fingerprint density at radius 3 is 2.75 bits per heavy atom. The lowest BCUT2D eigenvalue weighted by atomic mass is 10.0. The first-order valence-electron chi connectivity index (χ1n) is 6.78. The number of amides is 1. The number of hydrogen-bond acceptors (Lipinski definition) is 3. The zero-order chi connectivity index (χ0) is 14.9. The van der Waals surface area contributed by atoms with Gasteiger partial charge in [-0.15, -0.1) is 0 Å². The molecule has 5 heteroatoms. The molecule has 0 radical (unpaired) electrons. The second-order valence-electron chi connectivity index (χ2n) is 6.13. The fraction of sp³-hybridized carbons (Fsp3) is 0.533. The first kappa shape index (κ1) is 15.1. The summed E-state index contributed by atoms with van der Waals surface area (Å²) in [5.41, 5.74) is 6.60. The summed E-state index contributed by atoms with van der Waals surface area (Å²) in [4.78, 5) is 14.0. The van der Waals surface area contributed by atoms with Crippen molar-refractivity contribution in [3.8, 4) is 0 Å². The molecule has 1 saturated heterocycles. The van der Waals surface area contributed by atoms with Gasteiger partial charge >= 0.3 is 6.09 Å². The van der Waals surface area contributed by atoms with Crippen LogP contribution in [0.5, 0.6) is 0 Å². The number of carbonyl (C=O) groups is 1. The summed E-state index contributed by atoms with van der Waals surface area (Å²) < 4.78 is 5.45. The lowest BCUT2D eigenvalue weighted by Gasteiger charge is -2.30. The van der Waals surface area contributed by atoms with Crippen LogP contribution in [0.2, 0.25) is 5.02 Å². The van der Waals surface area contributed by atoms with Crippen LogP contribution in [0.25, 0.3) is 0 Å². The second kappa shape index (κ2) is 5.62. The number of rotatable bonds is 1. The molecule has 0 aliphatic carbocycles. The van der Waals surface area contributed by atoms with Crippen LogP contribution in [0.15, 0.2) is 24.3 Å². The quantitative estimate of drug-likeness (QED) is 0.864. The van der Waals surface area contributed by atoms with Gasteiger partial charge < -0.3 is 10.5 Å². The summed E-state index contributed by atoms with van der Waals surface area (Å²) >= 11 is 6.03. The average Bonchev–Trinajstić information content (AvgIpc) is 2.69. The second-order valence-corrected chi connectivity index (χ2v) is 6.56. The molecule has 2 atom stereocenters. The van der Waals surface area contributed by atoms with Gasteiger partial charge in [-0.2, -0.15) is 0 Å². The largest absolute Gasteiger partial charge is 0.444 e. The minimum absolute atomic E-state index is 0.0963. The summed E-state index contributed by atoms with van der Waals surface area (Å²) in [5, 5.41) is 0.644. The van der Waals surface area contributed by atoms with E-state index >= 15 is 0 Å². The molecule has 2 rings (SSSR count). The number of nitrogens with two attached hydrogens (primary N) is 1. The molecule has 4 nitrogen and oxygen atoms in total. The van der Waals surface area contributed by atoms with Crippen molar-refractivity contribution in [2.45, 2.75) is 44.9 Å². The van der Waals surface area contributed by atoms with Gasteiger partial charge in [0.15, 0.2) is 0 Å². The molecule has 0 saturated carbocycles. The molecule has 1 fully saturated rings. The third-order valence-electron chi connectivity index (χ3n) is 3.26. The fourth-order valence-corrected chi connectivity index (χ4v) is 2.66. The molecule has 1 aliphatic heterocycles. The van der Waals surface area contributed by atoms with Gasteiger partial charge in [-0.25, -0.2) is 4.79 Å². The minimum atomic E-state index is -0.511. The van der Waals surface area contributed by atoms with Crippen LogP contribution in [0.1, 0.15) is 38.8 Å². The van der Waals surface area contributed by atoms with Crippen molar-refractivity contribution >= 4 is 17.7 Å². The smallest absolute Gasteiger partial charge is 0.410 e. The molecular formula is C15H21ClN2O2. The van der Waals surface area contributed by atoms with Crippen LogP contribution >= 0.6 is 11.6 Å². The third-order valence-corrected chi connectivity index (χ3v) is 3.50. The van der Waals surface area contributed by atoms with Gasteiger partial charge in [0.25, 0.3) is 0 Å². The normalized spacial score (nSPS) is 22.9. The van der Waals surface area contributed by atoms with E-state index in [0.717, 1.165) is 12.0 Å². The standard InChI is InChI=1S/C15H21ClN2O2/c1-15(2,3)20-14(19)18-8-7-12(17)13(18)10-5-4-6-11(16)9-10/h4-6,9,12-13H,7-8,17H2,1-3H3/t12-,13+/m1/s1. The maximum absolute atomic E-state index is 12.3. The van der Waals surface area contributed by atoms with Crippen molar-refractivity contribution in [2.75, 3.05) is 6.54 Å². The molecule has 0 bridgehead atoms. The maximum Gasteiger partial charge on any atom is 0.410 e. The predicted molar refractivity (Wildman–Crippen MR) is 79.7 cm³/mol. The molecular weight excluding hydrogens is 276 g/mol. The zero-order valence-corrected chi connectivity index (χ0v) is 12.9. The molecule has 20 heavy (non-hydrogen) atoms. The van der Waals surface area contributed by atoms with Gasteiger partial charge in [0.2, 0.25) is 0 Å². The van der Waals surface area contributed by atoms with Gasteiger partial charge in [0.1, 0.15) is 5.60 Å². The van der Waals surface area contributed by atoms with Crippen molar-refractivity contribution in [1.29, 1.82) is 0 Å². The van der Waals surface area contributed by atoms with Crippen LogP contribution in [0.3, 0.4) is 0 Å². The summed E-state index contributed by atoms with van der Waals surface area (Å²) in [6.07, 6.45) is 0.437. The highest BCUT2D eigenvalue weighted by atomic mass is 35.5.